The van der Waals surface area contributed by atoms with Crippen molar-refractivity contribution >= 4 is 44.3 Å². The van der Waals surface area contributed by atoms with Crippen LogP contribution in [0.3, 0.4) is 0 Å². The van der Waals surface area contributed by atoms with Gasteiger partial charge in [0.15, 0.2) is 25.1 Å². The summed E-state index contributed by atoms with van der Waals surface area (Å²) in [5.41, 5.74) is 18.1. The maximum absolute atomic E-state index is 12.5. The molecule has 8 N–H and O–H groups in total. The Bertz CT molecular complexity index is 6360. The molecule has 9 aromatic rings. The minimum atomic E-state index is -6.43. The van der Waals surface area contributed by atoms with Crippen LogP contribution in [0.5, 0.6) is 0 Å². The maximum Gasteiger partial charge on any atom is 0.534 e. The Kier molecular flexibility index (Phi) is 23.1. The van der Waals surface area contributed by atoms with E-state index in [1.54, 1.807) is 38.9 Å². The topological polar surface area (TPSA) is 415 Å². The number of allylic oxidation sites excluding steroid dienone is 3. The number of aromatic nitrogens is 17. The molecule has 116 heavy (non-hydrogen) atoms. The van der Waals surface area contributed by atoms with Crippen LogP contribution in [0.4, 0.5) is 30.6 Å². The first-order chi connectivity index (χ1) is 66.3. The number of nitriles is 1. The predicted molar refractivity (Wildman–Crippen MR) is 435 cm³/mol. The minimum absolute atomic E-state index is 0. The second kappa shape index (κ2) is 47.0. The third-order valence-electron chi connectivity index (χ3n) is 16.1. The van der Waals surface area contributed by atoms with Crippen molar-refractivity contribution in [1.82, 2.24) is 84.4 Å². The quantitative estimate of drug-likeness (QED) is 0.00797. The van der Waals surface area contributed by atoms with Gasteiger partial charge in [0.05, 0.1) is 66.3 Å². The molecule has 2 atom stereocenters. The van der Waals surface area contributed by atoms with E-state index in [1.165, 1.54) is 95.6 Å². The fraction of sp³-hybridized carbons (Fsp3) is 0.519. The van der Waals surface area contributed by atoms with E-state index < -0.39 is 185 Å². The van der Waals surface area contributed by atoms with E-state index in [4.69, 9.17) is 114 Å². The highest BCUT2D eigenvalue weighted by Gasteiger charge is 2.49. The van der Waals surface area contributed by atoms with Crippen LogP contribution in [0, 0.1) is 54.7 Å². The van der Waals surface area contributed by atoms with Gasteiger partial charge in [0, 0.05) is 193 Å². The number of hydrogen-bond acceptors (Lipinski definition) is 25. The molecule has 37 heteroatoms. The number of fused-ring (bicyclic) bond motifs is 1. The van der Waals surface area contributed by atoms with Gasteiger partial charge in [-0.15, -0.1) is 0 Å². The predicted octanol–water partition coefficient (Wildman–Crippen LogP) is 14.8. The van der Waals surface area contributed by atoms with Gasteiger partial charge in [-0.1, -0.05) is 80.7 Å². The van der Waals surface area contributed by atoms with Gasteiger partial charge < -0.3 is 64.5 Å². The van der Waals surface area contributed by atoms with Crippen LogP contribution in [0.25, 0.3) is 76.3 Å². The summed E-state index contributed by atoms with van der Waals surface area (Å²) in [7, 11) is 2.55. The zero-order valence-corrected chi connectivity index (χ0v) is 60.7. The normalized spacial score (nSPS) is 26.1. The van der Waals surface area contributed by atoms with E-state index in [-0.39, 0.29) is 72.2 Å². The third kappa shape index (κ3) is 24.9. The van der Waals surface area contributed by atoms with Crippen LogP contribution in [0.2, 0.25) is 0 Å². The van der Waals surface area contributed by atoms with E-state index in [9.17, 15) is 21.6 Å². The van der Waals surface area contributed by atoms with Crippen LogP contribution in [-0.4, -0.2) is 173 Å². The van der Waals surface area contributed by atoms with Gasteiger partial charge in [-0.25, -0.2) is 57.9 Å². The van der Waals surface area contributed by atoms with Crippen LogP contribution in [0.1, 0.15) is 204 Å². The van der Waals surface area contributed by atoms with E-state index in [0.29, 0.717) is 68.2 Å². The Labute approximate surface area is 722 Å². The van der Waals surface area contributed by atoms with Crippen LogP contribution in [0.15, 0.2) is 105 Å². The Hall–Kier alpha value is -11.2. The molecule has 0 saturated heterocycles. The smallest absolute Gasteiger partial charge is 0.383 e. The van der Waals surface area contributed by atoms with Gasteiger partial charge in [-0.2, -0.15) is 47.2 Å². The van der Waals surface area contributed by atoms with Crippen molar-refractivity contribution in [3.63, 3.8) is 0 Å². The molecule has 626 valence electrons. The summed E-state index contributed by atoms with van der Waals surface area (Å²) in [6.07, 6.45) is -32.2. The molecule has 0 amide bonds. The summed E-state index contributed by atoms with van der Waals surface area (Å²) >= 11 is 0. The number of nitrogen functional groups attached to an aromatic ring is 3. The average molecular weight is 1660 g/mol. The highest BCUT2D eigenvalue weighted by molar-refractivity contribution is 7.87. The molecule has 0 unspecified atom stereocenters. The molecular formula is C79H109F3N24O9S. The first-order valence-electron chi connectivity index (χ1n) is 48.5. The number of nitrogens with zero attached hydrogens (tertiary/aromatic N) is 19. The molecule has 4 aliphatic rings. The van der Waals surface area contributed by atoms with Gasteiger partial charge in [0.1, 0.15) is 66.3 Å². The summed E-state index contributed by atoms with van der Waals surface area (Å²) < 4.78 is 355. The molecule has 0 aromatic carbocycles. The largest absolute Gasteiger partial charge is 0.534 e. The number of alkyl halides is 3. The molecular weight excluding hydrogens is 1520 g/mol. The van der Waals surface area contributed by atoms with Crippen LogP contribution >= 0.6 is 0 Å². The molecule has 9 heterocycles. The first-order valence-corrected chi connectivity index (χ1v) is 33.9. The number of halogens is 3. The lowest BCUT2D eigenvalue weighted by molar-refractivity contribution is -0.100. The monoisotopic (exact) mass is 1660 g/mol. The number of hydrogen-bond donors (Lipinski definition) is 5. The van der Waals surface area contributed by atoms with Crippen molar-refractivity contribution in [2.45, 2.75) is 187 Å². The summed E-state index contributed by atoms with van der Waals surface area (Å²) in [5, 5.41) is 28.5. The lowest BCUT2D eigenvalue weighted by Gasteiger charge is -2.19. The highest BCUT2D eigenvalue weighted by Crippen LogP contribution is 2.40. The third-order valence-corrected chi connectivity index (χ3v) is 17.1. The van der Waals surface area contributed by atoms with E-state index >= 15 is 0 Å². The molecule has 13 rings (SSSR count). The Morgan fingerprint density at radius 1 is 0.595 bits per heavy atom. The number of ether oxygens (including phenoxy) is 6. The molecule has 0 aliphatic heterocycles. The second-order valence-corrected chi connectivity index (χ2v) is 24.3. The molecule has 4 fully saturated rings. The number of methoxy groups -OCH3 is 6. The number of nitrogens with two attached hydrogens (primary N) is 3. The zero-order chi connectivity index (χ0) is 109. The van der Waals surface area contributed by atoms with Gasteiger partial charge in [-0.05, 0) is 74.8 Å². The number of nitrogens with one attached hydrogen (secondary N) is 2. The van der Waals surface area contributed by atoms with Crippen LogP contribution in [-0.2, 0) is 62.0 Å². The highest BCUT2D eigenvalue weighted by atomic mass is 32.2. The molecule has 0 bridgehead atoms. The Balaban J connectivity index is 0.000000328. The van der Waals surface area contributed by atoms with Crippen molar-refractivity contribution in [1.29, 1.82) is 5.26 Å². The number of rotatable bonds is 27. The number of anilines is 3. The molecule has 0 spiro atoms. The summed E-state index contributed by atoms with van der Waals surface area (Å²) in [6.45, 7) is 21.0. The zero-order valence-electron chi connectivity index (χ0n) is 91.9. The summed E-state index contributed by atoms with van der Waals surface area (Å²) in [5.74, 6) is -9.40. The second-order valence-electron chi connectivity index (χ2n) is 22.7. The van der Waals surface area contributed by atoms with Gasteiger partial charge >= 0.3 is 15.6 Å². The SMILES string of the molecule is C.C.C.C.COC(Cc1c(N)ncnc1-c1cn[nH]c1)OC.[2H]C1([2H])C(/C(=C/[N+]#[C-])n2cc(-c3ncnc(N)c3CC(OC)OC)cn2)C([2H])([2H])C([2H])([2H])C1([2H])[2H].[2H]C1([2H])C(C(=CC#N)OS(=O)(=O)C(F)(F)F)C([2H])([2H])C([2H])([2H])C1([2H])[2H].[2H]C1([2H])C([C@@H](C[N+]#[C-])n2cc(-c3ncnc(N)c3CC(OC)OC)cn2)C([2H])([2H])C([2H])([2H])C1([2H])[2H].[2H]C1([2H])C([C@@H](C[N+]#[C-])n2cc(-c3ncnc4[nH]ccc34)cn2)C([2H])([2H])C([2H])([2H])C1([2H])[2H]. The number of H-pyrrole nitrogens is 2. The van der Waals surface area contributed by atoms with Crippen molar-refractivity contribution < 1.29 is 98.1 Å². The maximum atomic E-state index is 12.5. The lowest BCUT2D eigenvalue weighted by Crippen LogP contribution is -2.26. The fourth-order valence-electron chi connectivity index (χ4n) is 10.6. The van der Waals surface area contributed by atoms with Crippen molar-refractivity contribution in [3.8, 4) is 51.1 Å². The Morgan fingerprint density at radius 2 is 1.00 bits per heavy atom. The van der Waals surface area contributed by atoms with E-state index in [2.05, 4.69) is 89.1 Å². The summed E-state index contributed by atoms with van der Waals surface area (Å²) in [4.78, 5) is 45.8. The first kappa shape index (κ1) is 57.0. The van der Waals surface area contributed by atoms with Crippen molar-refractivity contribution in [2.24, 2.45) is 23.7 Å². The molecule has 4 saturated carbocycles. The minimum Gasteiger partial charge on any atom is -0.383 e. The van der Waals surface area contributed by atoms with Gasteiger partial charge in [0.25, 0.3) is 0 Å². The standard InChI is InChI=1S/C19H26N6O2.C19H24N6O2.C17H18N6.C11H15N5O2.C9H10F3NO3S.4CH4/c2*1-21-10-16(13-6-4-5-7-13)25-11-14(9-24-25)18-15(8-17(26-2)27-3)19(20)23-12-22-18;1-18-9-15(12-4-2-3-5-12)23-10-13(8-22-23)16-14-6-7-19-17(14)21-11-20-16;1-17-9(18-2)3-8-10(7-4-15-16-5-7)13-6-14-11(8)12;10-9(11,12)17(14,15)16-8(5-6-13)7-3-1-2-4-7;;;;/h9,11-13,16-17H,4-8,10H2,2-3H3,(H2,20,22,23);9-13,17H,4-8H2,2-3H3,(H2,20,22,23);6-8,10-12,15H,2-5,9H2,(H,19,20,21);4-6,9H,3H2,1-2H3,(H,15,16)(H2,12,13,14);5,7H,1-4H2;4*1H4/b;16-10-;;;;;;;/t16-;;15-;;;;;;/m1.1....../s1/i2*4D2,5D2,6D2,7D2;2D2,3D2,4D2,5D2;;1D2,2D2,3D2,4D2;;;;. The molecule has 0 radical (unpaired) electrons. The molecule has 33 nitrogen and oxygen atoms in total. The average Bonchev–Trinajstić information content (AvgIpc) is 1.53. The molecule has 4 aliphatic carbocycles. The van der Waals surface area contributed by atoms with Gasteiger partial charge in [0.2, 0.25) is 13.1 Å². The van der Waals surface area contributed by atoms with E-state index in [1.807, 2.05) is 0 Å². The Morgan fingerprint density at radius 3 is 1.41 bits per heavy atom. The van der Waals surface area contributed by atoms with E-state index in [0.717, 1.165) is 38.5 Å². The number of aromatic amines is 2. The summed E-state index contributed by atoms with van der Waals surface area (Å²) in [6, 6.07) is 0.270. The van der Waals surface area contributed by atoms with Crippen molar-refractivity contribution in [2.75, 3.05) is 72.9 Å². The van der Waals surface area contributed by atoms with Gasteiger partial charge in [-0.3, -0.25) is 19.1 Å². The fourth-order valence-corrected chi connectivity index (χ4v) is 11.1. The lowest BCUT2D eigenvalue weighted by atomic mass is 9.98. The van der Waals surface area contributed by atoms with Crippen LogP contribution < -0.4 is 17.2 Å². The molecule has 9 aromatic heterocycles. The van der Waals surface area contributed by atoms with Crippen molar-refractivity contribution in [3.05, 3.63) is 156 Å².